The van der Waals surface area contributed by atoms with Crippen LogP contribution in [0.5, 0.6) is 0 Å². The number of hydrogen-bond donors (Lipinski definition) is 0. The number of para-hydroxylation sites is 1. The van der Waals surface area contributed by atoms with Crippen molar-refractivity contribution in [3.8, 4) is 44.5 Å². The maximum atomic E-state index is 6.08. The van der Waals surface area contributed by atoms with Crippen LogP contribution >= 0.6 is 0 Å². The fraction of sp³-hybridized carbons (Fsp3) is 0. The molecule has 0 amide bonds. The summed E-state index contributed by atoms with van der Waals surface area (Å²) < 4.78 is 6.08. The van der Waals surface area contributed by atoms with Crippen LogP contribution in [-0.2, 0) is 0 Å². The van der Waals surface area contributed by atoms with Crippen LogP contribution in [0.25, 0.3) is 98.8 Å². The Kier molecular flexibility index (Phi) is 6.25. The van der Waals surface area contributed by atoms with Gasteiger partial charge in [-0.25, -0.2) is 0 Å². The van der Waals surface area contributed by atoms with Crippen LogP contribution in [0, 0.1) is 0 Å². The molecule has 0 aliphatic heterocycles. The fourth-order valence-corrected chi connectivity index (χ4v) is 7.70. The zero-order valence-electron chi connectivity index (χ0n) is 26.7. The highest BCUT2D eigenvalue weighted by Crippen LogP contribution is 2.44. The average molecular weight is 623 g/mol. The summed E-state index contributed by atoms with van der Waals surface area (Å²) in [5.41, 5.74) is 11.7. The molecule has 10 aromatic rings. The van der Waals surface area contributed by atoms with Crippen LogP contribution < -0.4 is 0 Å². The summed E-state index contributed by atoms with van der Waals surface area (Å²) in [5.74, 6) is 0. The Morgan fingerprint density at radius 3 is 1.35 bits per heavy atom. The summed E-state index contributed by atoms with van der Waals surface area (Å²) in [4.78, 5) is 0. The van der Waals surface area contributed by atoms with Crippen molar-refractivity contribution < 1.29 is 4.42 Å². The van der Waals surface area contributed by atoms with Gasteiger partial charge in [-0.3, -0.25) is 0 Å². The first-order chi connectivity index (χ1) is 24.3. The molecule has 1 nitrogen and oxygen atoms in total. The molecule has 0 unspecified atom stereocenters. The molecule has 0 aliphatic carbocycles. The number of fused-ring (bicyclic) bond motifs is 6. The van der Waals surface area contributed by atoms with E-state index in [-0.39, 0.29) is 0 Å². The van der Waals surface area contributed by atoms with Crippen molar-refractivity contribution in [1.82, 2.24) is 0 Å². The van der Waals surface area contributed by atoms with Gasteiger partial charge in [0.1, 0.15) is 11.2 Å². The van der Waals surface area contributed by atoms with Gasteiger partial charge < -0.3 is 4.42 Å². The second-order valence-corrected chi connectivity index (χ2v) is 12.9. The molecule has 1 heteroatoms. The highest BCUT2D eigenvalue weighted by Gasteiger charge is 2.17. The van der Waals surface area contributed by atoms with Gasteiger partial charge in [-0.2, -0.15) is 0 Å². The van der Waals surface area contributed by atoms with Gasteiger partial charge in [0.2, 0.25) is 0 Å². The molecule has 0 saturated heterocycles. The van der Waals surface area contributed by atoms with Gasteiger partial charge >= 0.3 is 0 Å². The Hall–Kier alpha value is -6.44. The van der Waals surface area contributed by atoms with Crippen molar-refractivity contribution in [3.63, 3.8) is 0 Å². The van der Waals surface area contributed by atoms with E-state index in [1.807, 2.05) is 12.1 Å². The van der Waals surface area contributed by atoms with Gasteiger partial charge in [-0.15, -0.1) is 0 Å². The van der Waals surface area contributed by atoms with Crippen molar-refractivity contribution in [3.05, 3.63) is 182 Å². The zero-order chi connectivity index (χ0) is 32.3. The summed E-state index contributed by atoms with van der Waals surface area (Å²) in [6.45, 7) is 0. The van der Waals surface area contributed by atoms with E-state index < -0.39 is 0 Å². The van der Waals surface area contributed by atoms with Gasteiger partial charge in [0, 0.05) is 10.8 Å². The molecule has 0 N–H and O–H groups in total. The molecule has 9 aromatic carbocycles. The summed E-state index contributed by atoms with van der Waals surface area (Å²) in [7, 11) is 0. The third-order valence-electron chi connectivity index (χ3n) is 10.1. The van der Waals surface area contributed by atoms with Crippen molar-refractivity contribution in [1.29, 1.82) is 0 Å². The third-order valence-corrected chi connectivity index (χ3v) is 10.1. The van der Waals surface area contributed by atoms with E-state index in [0.717, 1.165) is 21.9 Å². The first-order valence-electron chi connectivity index (χ1n) is 16.8. The van der Waals surface area contributed by atoms with E-state index in [2.05, 4.69) is 170 Å². The molecule has 1 heterocycles. The maximum Gasteiger partial charge on any atom is 0.135 e. The van der Waals surface area contributed by atoms with Gasteiger partial charge in [-0.05, 0) is 107 Å². The van der Waals surface area contributed by atoms with Gasteiger partial charge in [-0.1, -0.05) is 152 Å². The Bertz CT molecular complexity index is 2800. The van der Waals surface area contributed by atoms with Gasteiger partial charge in [0.15, 0.2) is 0 Å². The molecule has 1 aromatic heterocycles. The van der Waals surface area contributed by atoms with Crippen molar-refractivity contribution in [2.45, 2.75) is 0 Å². The number of rotatable bonds is 4. The zero-order valence-corrected chi connectivity index (χ0v) is 26.7. The highest BCUT2D eigenvalue weighted by atomic mass is 16.3. The van der Waals surface area contributed by atoms with Crippen molar-refractivity contribution in [2.75, 3.05) is 0 Å². The van der Waals surface area contributed by atoms with Crippen LogP contribution in [0.1, 0.15) is 0 Å². The molecule has 0 saturated carbocycles. The molecule has 0 spiro atoms. The highest BCUT2D eigenvalue weighted by molar-refractivity contribution is 6.21. The minimum Gasteiger partial charge on any atom is -0.456 e. The van der Waals surface area contributed by atoms with Crippen LogP contribution in [-0.4, -0.2) is 0 Å². The van der Waals surface area contributed by atoms with E-state index in [1.165, 1.54) is 76.8 Å². The maximum absolute atomic E-state index is 6.08. The Morgan fingerprint density at radius 1 is 0.245 bits per heavy atom. The second kappa shape index (κ2) is 11.1. The molecule has 0 atom stereocenters. The molecule has 0 aliphatic rings. The predicted octanol–water partition coefficient (Wildman–Crippen LogP) is 13.7. The summed E-state index contributed by atoms with van der Waals surface area (Å²) in [6, 6.07) is 65.9. The lowest BCUT2D eigenvalue weighted by molar-refractivity contribution is 0.669. The van der Waals surface area contributed by atoms with Crippen LogP contribution in [0.2, 0.25) is 0 Å². The lowest BCUT2D eigenvalue weighted by Gasteiger charge is -2.18. The molecule has 49 heavy (non-hydrogen) atoms. The van der Waals surface area contributed by atoms with Gasteiger partial charge in [0.25, 0.3) is 0 Å². The normalized spacial score (nSPS) is 11.7. The SMILES string of the molecule is c1ccc(-c2ccc(-c3c4ccccc4c(-c4ccc5cc(-c6ccc7oc8ccccc8c7c6)ccc5c4)c4ccccc34)cc2)cc1. The van der Waals surface area contributed by atoms with E-state index in [1.54, 1.807) is 0 Å². The van der Waals surface area contributed by atoms with Crippen molar-refractivity contribution >= 4 is 54.3 Å². The lowest BCUT2D eigenvalue weighted by atomic mass is 9.85. The minimum absolute atomic E-state index is 0.921. The standard InChI is InChI=1S/C48H30O/c1-2-10-31(11-3-1)32-18-20-33(21-19-32)47-40-13-4-6-15-42(40)48(43-16-7-5-14-41(43)47)38-25-24-34-28-35(22-23-36(34)29-38)37-26-27-46-44(30-37)39-12-8-9-17-45(39)49-46/h1-30H. The molecular weight excluding hydrogens is 593 g/mol. The van der Waals surface area contributed by atoms with Crippen LogP contribution in [0.15, 0.2) is 186 Å². The summed E-state index contributed by atoms with van der Waals surface area (Å²) in [6.07, 6.45) is 0. The Morgan fingerprint density at radius 2 is 0.673 bits per heavy atom. The van der Waals surface area contributed by atoms with E-state index in [0.29, 0.717) is 0 Å². The van der Waals surface area contributed by atoms with Crippen LogP contribution in [0.3, 0.4) is 0 Å². The van der Waals surface area contributed by atoms with Crippen molar-refractivity contribution in [2.24, 2.45) is 0 Å². The molecule has 228 valence electrons. The summed E-state index contributed by atoms with van der Waals surface area (Å²) >= 11 is 0. The topological polar surface area (TPSA) is 13.1 Å². The smallest absolute Gasteiger partial charge is 0.135 e. The number of benzene rings is 9. The largest absolute Gasteiger partial charge is 0.456 e. The number of furan rings is 1. The summed E-state index contributed by atoms with van der Waals surface area (Å²) in [5, 5.41) is 9.81. The fourth-order valence-electron chi connectivity index (χ4n) is 7.70. The van der Waals surface area contributed by atoms with Gasteiger partial charge in [0.05, 0.1) is 0 Å². The van der Waals surface area contributed by atoms with Crippen LogP contribution in [0.4, 0.5) is 0 Å². The molecule has 0 bridgehead atoms. The van der Waals surface area contributed by atoms with E-state index in [4.69, 9.17) is 4.42 Å². The quantitative estimate of drug-likeness (QED) is 0.178. The molecule has 0 fully saturated rings. The first kappa shape index (κ1) is 27.7. The van der Waals surface area contributed by atoms with E-state index in [9.17, 15) is 0 Å². The minimum atomic E-state index is 0.921. The lowest BCUT2D eigenvalue weighted by Crippen LogP contribution is -1.91. The average Bonchev–Trinajstić information content (AvgIpc) is 3.55. The number of hydrogen-bond acceptors (Lipinski definition) is 1. The molecule has 10 rings (SSSR count). The molecular formula is C48H30O. The second-order valence-electron chi connectivity index (χ2n) is 12.9. The predicted molar refractivity (Wildman–Crippen MR) is 208 cm³/mol. The first-order valence-corrected chi connectivity index (χ1v) is 16.8. The van der Waals surface area contributed by atoms with E-state index >= 15 is 0 Å². The third kappa shape index (κ3) is 4.55. The monoisotopic (exact) mass is 622 g/mol. The Balaban J connectivity index is 1.10. The molecule has 0 radical (unpaired) electrons. The Labute approximate surface area is 284 Å².